The Balaban J connectivity index is 1.52. The molecule has 0 radical (unpaired) electrons. The third-order valence-electron chi connectivity index (χ3n) is 3.62. The number of nitrogens with one attached hydrogen (secondary N) is 1. The molecule has 0 spiro atoms. The SMILES string of the molecule is Fc1ccc(C2=NOC(CNCc3ccccc3F)C2)c(F)c1. The molecule has 0 aromatic heterocycles. The van der Waals surface area contributed by atoms with E-state index < -0.39 is 11.6 Å². The van der Waals surface area contributed by atoms with E-state index >= 15 is 0 Å². The summed E-state index contributed by atoms with van der Waals surface area (Å²) in [5, 5.41) is 6.95. The molecule has 2 aromatic carbocycles. The molecule has 2 aromatic rings. The van der Waals surface area contributed by atoms with Crippen molar-refractivity contribution < 1.29 is 18.0 Å². The molecule has 1 atom stereocenters. The maximum absolute atomic E-state index is 13.7. The van der Waals surface area contributed by atoms with Gasteiger partial charge in [-0.3, -0.25) is 0 Å². The van der Waals surface area contributed by atoms with E-state index in [1.165, 1.54) is 18.2 Å². The zero-order valence-corrected chi connectivity index (χ0v) is 12.2. The van der Waals surface area contributed by atoms with Gasteiger partial charge in [0.05, 0.1) is 5.71 Å². The van der Waals surface area contributed by atoms with Gasteiger partial charge in [-0.1, -0.05) is 23.4 Å². The fraction of sp³-hybridized carbons (Fsp3) is 0.235. The monoisotopic (exact) mass is 320 g/mol. The normalized spacial score (nSPS) is 17.0. The van der Waals surface area contributed by atoms with Crippen molar-refractivity contribution in [2.45, 2.75) is 19.1 Å². The lowest BCUT2D eigenvalue weighted by Gasteiger charge is -2.10. The van der Waals surface area contributed by atoms with E-state index in [9.17, 15) is 13.2 Å². The number of hydrogen-bond donors (Lipinski definition) is 1. The van der Waals surface area contributed by atoms with Gasteiger partial charge in [-0.25, -0.2) is 13.2 Å². The van der Waals surface area contributed by atoms with Crippen molar-refractivity contribution in [1.29, 1.82) is 0 Å². The molecule has 0 aliphatic carbocycles. The van der Waals surface area contributed by atoms with Crippen molar-refractivity contribution >= 4 is 5.71 Å². The predicted octanol–water partition coefficient (Wildman–Crippen LogP) is 3.39. The molecular formula is C17H15F3N2O. The minimum atomic E-state index is -0.660. The quantitative estimate of drug-likeness (QED) is 0.916. The minimum absolute atomic E-state index is 0.239. The lowest BCUT2D eigenvalue weighted by molar-refractivity contribution is 0.0848. The van der Waals surface area contributed by atoms with Gasteiger partial charge in [0.15, 0.2) is 0 Å². The van der Waals surface area contributed by atoms with Crippen LogP contribution in [0, 0.1) is 17.5 Å². The highest BCUT2D eigenvalue weighted by Crippen LogP contribution is 2.19. The summed E-state index contributed by atoms with van der Waals surface area (Å²) in [6.07, 6.45) is 0.147. The van der Waals surface area contributed by atoms with Gasteiger partial charge in [0, 0.05) is 36.7 Å². The zero-order valence-electron chi connectivity index (χ0n) is 12.2. The number of hydrogen-bond acceptors (Lipinski definition) is 3. The summed E-state index contributed by atoms with van der Waals surface area (Å²) in [6.45, 7) is 0.816. The molecule has 0 amide bonds. The summed E-state index contributed by atoms with van der Waals surface area (Å²) < 4.78 is 40.1. The summed E-state index contributed by atoms with van der Waals surface area (Å²) in [5.74, 6) is -1.56. The average molecular weight is 320 g/mol. The first kappa shape index (κ1) is 15.6. The predicted molar refractivity (Wildman–Crippen MR) is 80.5 cm³/mol. The van der Waals surface area contributed by atoms with Crippen LogP contribution in [0.4, 0.5) is 13.2 Å². The van der Waals surface area contributed by atoms with Crippen LogP contribution < -0.4 is 5.32 Å². The van der Waals surface area contributed by atoms with Crippen molar-refractivity contribution in [2.75, 3.05) is 6.54 Å². The highest BCUT2D eigenvalue weighted by atomic mass is 19.1. The second-order valence-electron chi connectivity index (χ2n) is 5.32. The Hall–Kier alpha value is -2.34. The van der Waals surface area contributed by atoms with Crippen LogP contribution >= 0.6 is 0 Å². The number of nitrogens with zero attached hydrogens (tertiary/aromatic N) is 1. The van der Waals surface area contributed by atoms with Gasteiger partial charge in [0.2, 0.25) is 0 Å². The van der Waals surface area contributed by atoms with E-state index in [2.05, 4.69) is 10.5 Å². The second kappa shape index (κ2) is 6.83. The highest BCUT2D eigenvalue weighted by molar-refractivity contribution is 6.01. The Morgan fingerprint density at radius 3 is 2.70 bits per heavy atom. The molecule has 120 valence electrons. The Labute approximate surface area is 131 Å². The number of benzene rings is 2. The molecule has 1 aliphatic heterocycles. The fourth-order valence-corrected chi connectivity index (χ4v) is 2.43. The van der Waals surface area contributed by atoms with Gasteiger partial charge in [0.1, 0.15) is 23.6 Å². The van der Waals surface area contributed by atoms with Gasteiger partial charge in [-0.05, 0) is 18.2 Å². The van der Waals surface area contributed by atoms with E-state index in [0.717, 1.165) is 6.07 Å². The highest BCUT2D eigenvalue weighted by Gasteiger charge is 2.24. The van der Waals surface area contributed by atoms with Crippen molar-refractivity contribution in [3.05, 3.63) is 71.0 Å². The third kappa shape index (κ3) is 3.71. The van der Waals surface area contributed by atoms with Gasteiger partial charge >= 0.3 is 0 Å². The number of oxime groups is 1. The molecule has 1 unspecified atom stereocenters. The average Bonchev–Trinajstić information content (AvgIpc) is 2.98. The third-order valence-corrected chi connectivity index (χ3v) is 3.62. The molecular weight excluding hydrogens is 305 g/mol. The second-order valence-corrected chi connectivity index (χ2v) is 5.32. The first-order valence-corrected chi connectivity index (χ1v) is 7.25. The van der Waals surface area contributed by atoms with Crippen molar-refractivity contribution in [3.63, 3.8) is 0 Å². The van der Waals surface area contributed by atoms with E-state index in [-0.39, 0.29) is 17.5 Å². The minimum Gasteiger partial charge on any atom is -0.390 e. The van der Waals surface area contributed by atoms with Crippen LogP contribution in [0.3, 0.4) is 0 Å². The molecule has 6 heteroatoms. The molecule has 1 aliphatic rings. The standard InChI is InChI=1S/C17H15F3N2O/c18-12-5-6-14(16(20)7-12)17-8-13(23-22-17)10-21-9-11-3-1-2-4-15(11)19/h1-7,13,21H,8-10H2. The van der Waals surface area contributed by atoms with Gasteiger partial charge < -0.3 is 10.2 Å². The van der Waals surface area contributed by atoms with Crippen LogP contribution in [0.1, 0.15) is 17.5 Å². The molecule has 0 saturated heterocycles. The van der Waals surface area contributed by atoms with Crippen LogP contribution in [0.15, 0.2) is 47.6 Å². The van der Waals surface area contributed by atoms with Gasteiger partial charge in [-0.15, -0.1) is 0 Å². The largest absolute Gasteiger partial charge is 0.390 e. The summed E-state index contributed by atoms with van der Waals surface area (Å²) in [4.78, 5) is 5.24. The van der Waals surface area contributed by atoms with E-state index in [4.69, 9.17) is 4.84 Å². The summed E-state index contributed by atoms with van der Waals surface area (Å²) in [5.41, 5.74) is 1.25. The first-order valence-electron chi connectivity index (χ1n) is 7.25. The Kier molecular flexibility index (Phi) is 4.62. The molecule has 3 rings (SSSR count). The van der Waals surface area contributed by atoms with Gasteiger partial charge in [-0.2, -0.15) is 0 Å². The number of rotatable bonds is 5. The lowest BCUT2D eigenvalue weighted by Crippen LogP contribution is -2.27. The van der Waals surface area contributed by atoms with Crippen LogP contribution in [0.25, 0.3) is 0 Å². The van der Waals surface area contributed by atoms with Crippen molar-refractivity contribution in [2.24, 2.45) is 5.16 Å². The van der Waals surface area contributed by atoms with Crippen LogP contribution in [0.5, 0.6) is 0 Å². The number of halogens is 3. The fourth-order valence-electron chi connectivity index (χ4n) is 2.43. The Morgan fingerprint density at radius 2 is 1.91 bits per heavy atom. The molecule has 23 heavy (non-hydrogen) atoms. The topological polar surface area (TPSA) is 33.6 Å². The van der Waals surface area contributed by atoms with Gasteiger partial charge in [0.25, 0.3) is 0 Å². The van der Waals surface area contributed by atoms with Crippen molar-refractivity contribution in [1.82, 2.24) is 5.32 Å². The maximum atomic E-state index is 13.7. The summed E-state index contributed by atoms with van der Waals surface area (Å²) in [7, 11) is 0. The Bertz CT molecular complexity index is 734. The lowest BCUT2D eigenvalue weighted by atomic mass is 10.0. The van der Waals surface area contributed by atoms with E-state index in [1.807, 2.05) is 0 Å². The van der Waals surface area contributed by atoms with Crippen LogP contribution in [-0.2, 0) is 11.4 Å². The molecule has 0 saturated carbocycles. The smallest absolute Gasteiger partial charge is 0.145 e. The summed E-state index contributed by atoms with van der Waals surface area (Å²) in [6, 6.07) is 9.87. The van der Waals surface area contributed by atoms with Crippen molar-refractivity contribution in [3.8, 4) is 0 Å². The maximum Gasteiger partial charge on any atom is 0.145 e. The van der Waals surface area contributed by atoms with E-state index in [1.54, 1.807) is 18.2 Å². The molecule has 0 fully saturated rings. The van der Waals surface area contributed by atoms with Crippen LogP contribution in [-0.4, -0.2) is 18.4 Å². The molecule has 1 N–H and O–H groups in total. The summed E-state index contributed by atoms with van der Waals surface area (Å²) >= 11 is 0. The van der Waals surface area contributed by atoms with Crippen LogP contribution in [0.2, 0.25) is 0 Å². The molecule has 3 nitrogen and oxygen atoms in total. The molecule has 0 bridgehead atoms. The first-order chi connectivity index (χ1) is 11.1. The zero-order chi connectivity index (χ0) is 16.2. The van der Waals surface area contributed by atoms with E-state index in [0.29, 0.717) is 30.8 Å². The Morgan fingerprint density at radius 1 is 1.09 bits per heavy atom. The molecule has 1 heterocycles.